The first kappa shape index (κ1) is 19.5. The molecule has 2 atom stereocenters. The van der Waals surface area contributed by atoms with Crippen LogP contribution in [0.5, 0.6) is 5.75 Å². The van der Waals surface area contributed by atoms with Crippen molar-refractivity contribution in [2.45, 2.75) is 19.1 Å². The Morgan fingerprint density at radius 3 is 2.74 bits per heavy atom. The third-order valence-corrected chi connectivity index (χ3v) is 4.94. The van der Waals surface area contributed by atoms with Crippen molar-refractivity contribution in [3.63, 3.8) is 0 Å². The minimum absolute atomic E-state index is 0.0555. The van der Waals surface area contributed by atoms with Gasteiger partial charge in [-0.1, -0.05) is 41.4 Å². The molecule has 0 saturated carbocycles. The molecule has 0 spiro atoms. The number of carbonyl (C=O) groups excluding carboxylic acids is 2. The summed E-state index contributed by atoms with van der Waals surface area (Å²) in [5.74, 6) is -0.361. The van der Waals surface area contributed by atoms with Crippen molar-refractivity contribution >= 4 is 40.7 Å². The van der Waals surface area contributed by atoms with Crippen LogP contribution in [0.3, 0.4) is 0 Å². The molecule has 0 saturated heterocycles. The summed E-state index contributed by atoms with van der Waals surface area (Å²) in [6.07, 6.45) is -0.882. The van der Waals surface area contributed by atoms with Crippen LogP contribution in [0.25, 0.3) is 0 Å². The van der Waals surface area contributed by atoms with Gasteiger partial charge in [-0.25, -0.2) is 0 Å². The number of para-hydroxylation sites is 2. The number of rotatable bonds is 5. The Bertz CT molecular complexity index is 875. The Balaban J connectivity index is 1.72. The molecule has 0 bridgehead atoms. The van der Waals surface area contributed by atoms with Crippen LogP contribution in [0.2, 0.25) is 10.0 Å². The number of fused-ring (bicyclic) bond motifs is 1. The lowest BCUT2D eigenvalue weighted by Crippen LogP contribution is -2.51. The molecule has 3 rings (SSSR count). The third kappa shape index (κ3) is 4.35. The summed E-state index contributed by atoms with van der Waals surface area (Å²) in [7, 11) is 0. The Morgan fingerprint density at radius 2 is 2.04 bits per heavy atom. The molecule has 1 aliphatic heterocycles. The van der Waals surface area contributed by atoms with Crippen LogP contribution in [-0.4, -0.2) is 31.0 Å². The second kappa shape index (κ2) is 8.17. The van der Waals surface area contributed by atoms with Gasteiger partial charge >= 0.3 is 0 Å². The third-order valence-electron chi connectivity index (χ3n) is 4.38. The van der Waals surface area contributed by atoms with Crippen LogP contribution < -0.4 is 20.7 Å². The molecule has 0 radical (unpaired) electrons. The van der Waals surface area contributed by atoms with Gasteiger partial charge in [0, 0.05) is 16.1 Å². The van der Waals surface area contributed by atoms with Gasteiger partial charge in [0.1, 0.15) is 5.75 Å². The molecule has 2 aromatic carbocycles. The number of hydrogen-bond acceptors (Lipinski definition) is 4. The summed E-state index contributed by atoms with van der Waals surface area (Å²) in [6.45, 7) is 2.03. The summed E-state index contributed by atoms with van der Waals surface area (Å²) < 4.78 is 5.58. The fourth-order valence-corrected chi connectivity index (χ4v) is 3.49. The van der Waals surface area contributed by atoms with Gasteiger partial charge in [0.15, 0.2) is 6.10 Å². The van der Waals surface area contributed by atoms with E-state index in [-0.39, 0.29) is 25.0 Å². The van der Waals surface area contributed by atoms with E-state index < -0.39 is 12.0 Å². The highest BCUT2D eigenvalue weighted by atomic mass is 35.5. The monoisotopic (exact) mass is 407 g/mol. The normalized spacial score (nSPS) is 17.0. The highest BCUT2D eigenvalue weighted by molar-refractivity contribution is 6.35. The van der Waals surface area contributed by atoms with Crippen LogP contribution in [0, 0.1) is 0 Å². The SMILES string of the molecule is C[C@@H](NCC(=O)N1C[C@@H](C(N)=O)Oc2ccccc21)c1ccc(Cl)cc1Cl. The fraction of sp³-hybridized carbons (Fsp3) is 0.263. The second-order valence-corrected chi connectivity index (χ2v) is 7.09. The Morgan fingerprint density at radius 1 is 1.30 bits per heavy atom. The molecular formula is C19H19Cl2N3O3. The van der Waals surface area contributed by atoms with Crippen molar-refractivity contribution in [2.75, 3.05) is 18.0 Å². The van der Waals surface area contributed by atoms with Crippen LogP contribution in [0.1, 0.15) is 18.5 Å². The summed E-state index contributed by atoms with van der Waals surface area (Å²) in [5.41, 5.74) is 6.82. The Labute approximate surface area is 167 Å². The predicted molar refractivity (Wildman–Crippen MR) is 105 cm³/mol. The first-order valence-corrected chi connectivity index (χ1v) is 9.16. The van der Waals surface area contributed by atoms with Gasteiger partial charge in [-0.15, -0.1) is 0 Å². The van der Waals surface area contributed by atoms with Crippen molar-refractivity contribution in [3.05, 3.63) is 58.1 Å². The largest absolute Gasteiger partial charge is 0.477 e. The number of benzene rings is 2. The van der Waals surface area contributed by atoms with Gasteiger partial charge < -0.3 is 20.7 Å². The van der Waals surface area contributed by atoms with Crippen LogP contribution in [0.4, 0.5) is 5.69 Å². The molecule has 0 fully saturated rings. The van der Waals surface area contributed by atoms with Crippen LogP contribution in [-0.2, 0) is 9.59 Å². The lowest BCUT2D eigenvalue weighted by atomic mass is 10.1. The minimum Gasteiger partial charge on any atom is -0.477 e. The van der Waals surface area contributed by atoms with Crippen molar-refractivity contribution in [3.8, 4) is 5.75 Å². The maximum Gasteiger partial charge on any atom is 0.260 e. The number of ether oxygens (including phenoxy) is 1. The lowest BCUT2D eigenvalue weighted by Gasteiger charge is -2.33. The number of nitrogens with two attached hydrogens (primary N) is 1. The summed E-state index contributed by atoms with van der Waals surface area (Å²) in [6, 6.07) is 12.1. The highest BCUT2D eigenvalue weighted by Gasteiger charge is 2.32. The molecule has 2 amide bonds. The summed E-state index contributed by atoms with van der Waals surface area (Å²) >= 11 is 12.1. The van der Waals surface area contributed by atoms with E-state index in [0.717, 1.165) is 5.56 Å². The number of amides is 2. The average Bonchev–Trinajstić information content (AvgIpc) is 2.64. The fourth-order valence-electron chi connectivity index (χ4n) is 2.92. The lowest BCUT2D eigenvalue weighted by molar-refractivity contribution is -0.125. The number of anilines is 1. The maximum absolute atomic E-state index is 12.8. The number of nitrogens with zero attached hydrogens (tertiary/aromatic N) is 1. The highest BCUT2D eigenvalue weighted by Crippen LogP contribution is 2.33. The molecule has 0 unspecified atom stereocenters. The van der Waals surface area contributed by atoms with Crippen molar-refractivity contribution in [1.82, 2.24) is 5.32 Å². The summed E-state index contributed by atoms with van der Waals surface area (Å²) in [5, 5.41) is 4.23. The topological polar surface area (TPSA) is 84.7 Å². The van der Waals surface area contributed by atoms with Gasteiger partial charge in [-0.2, -0.15) is 0 Å². The van der Waals surface area contributed by atoms with Crippen LogP contribution >= 0.6 is 23.2 Å². The zero-order valence-electron chi connectivity index (χ0n) is 14.6. The zero-order valence-corrected chi connectivity index (χ0v) is 16.1. The average molecular weight is 408 g/mol. The van der Waals surface area contributed by atoms with E-state index in [0.29, 0.717) is 21.5 Å². The molecule has 8 heteroatoms. The minimum atomic E-state index is -0.882. The van der Waals surface area contributed by atoms with Gasteiger partial charge in [-0.05, 0) is 36.8 Å². The molecule has 1 heterocycles. The van der Waals surface area contributed by atoms with Crippen molar-refractivity contribution in [1.29, 1.82) is 0 Å². The zero-order chi connectivity index (χ0) is 19.6. The molecule has 27 heavy (non-hydrogen) atoms. The van der Waals surface area contributed by atoms with Gasteiger partial charge in [0.2, 0.25) is 5.91 Å². The van der Waals surface area contributed by atoms with E-state index in [1.165, 1.54) is 4.90 Å². The predicted octanol–water partition coefficient (Wildman–Crippen LogP) is 2.92. The number of hydrogen-bond donors (Lipinski definition) is 2. The quantitative estimate of drug-likeness (QED) is 0.797. The van der Waals surface area contributed by atoms with Gasteiger partial charge in [0.05, 0.1) is 18.8 Å². The van der Waals surface area contributed by atoms with E-state index in [1.54, 1.807) is 36.4 Å². The van der Waals surface area contributed by atoms with Crippen molar-refractivity contribution < 1.29 is 14.3 Å². The molecule has 142 valence electrons. The van der Waals surface area contributed by atoms with E-state index in [1.807, 2.05) is 13.0 Å². The Kier molecular flexibility index (Phi) is 5.89. The smallest absolute Gasteiger partial charge is 0.260 e. The molecule has 3 N–H and O–H groups in total. The second-order valence-electron chi connectivity index (χ2n) is 6.25. The first-order chi connectivity index (χ1) is 12.9. The molecule has 0 aromatic heterocycles. The van der Waals surface area contributed by atoms with Crippen LogP contribution in [0.15, 0.2) is 42.5 Å². The van der Waals surface area contributed by atoms with E-state index in [2.05, 4.69) is 5.32 Å². The number of nitrogens with one attached hydrogen (secondary N) is 1. The summed E-state index contributed by atoms with van der Waals surface area (Å²) in [4.78, 5) is 25.9. The van der Waals surface area contributed by atoms with Gasteiger partial charge in [0.25, 0.3) is 5.91 Å². The number of primary amides is 1. The molecule has 6 nitrogen and oxygen atoms in total. The molecule has 0 aliphatic carbocycles. The molecule has 2 aromatic rings. The number of halogens is 2. The number of carbonyl (C=O) groups is 2. The first-order valence-electron chi connectivity index (χ1n) is 8.40. The van der Waals surface area contributed by atoms with Crippen molar-refractivity contribution in [2.24, 2.45) is 5.73 Å². The standard InChI is InChI=1S/C19H19Cl2N3O3/c1-11(13-7-6-12(20)8-14(13)21)23-9-18(25)24-10-17(19(22)26)27-16-5-3-2-4-15(16)24/h2-8,11,17,23H,9-10H2,1H3,(H2,22,26)/t11-,17+/m1/s1. The Hall–Kier alpha value is -2.28. The van der Waals surface area contributed by atoms with E-state index in [4.69, 9.17) is 33.7 Å². The van der Waals surface area contributed by atoms with E-state index in [9.17, 15) is 9.59 Å². The van der Waals surface area contributed by atoms with Gasteiger partial charge in [-0.3, -0.25) is 9.59 Å². The molecular weight excluding hydrogens is 389 g/mol. The maximum atomic E-state index is 12.8. The van der Waals surface area contributed by atoms with E-state index >= 15 is 0 Å². The molecule has 1 aliphatic rings.